The molecule has 2 fully saturated rings. The number of hydrogen-bond acceptors (Lipinski definition) is 8. The third-order valence-corrected chi connectivity index (χ3v) is 6.67. The van der Waals surface area contributed by atoms with Crippen LogP contribution in [0.25, 0.3) is 0 Å². The number of ether oxygens (including phenoxy) is 1. The van der Waals surface area contributed by atoms with Gasteiger partial charge in [0.15, 0.2) is 0 Å². The van der Waals surface area contributed by atoms with Gasteiger partial charge in [-0.15, -0.1) is 0 Å². The van der Waals surface area contributed by atoms with E-state index in [1.165, 1.54) is 11.1 Å². The first-order valence-electron chi connectivity index (χ1n) is 12.1. The number of nitrogens with zero attached hydrogens (tertiary/aromatic N) is 6. The standard InChI is InChI=1S/C24H28F3N7O3/c1-16(11-21(35)33-9-7-32(8-10-33)20-5-4-17(12-28)13-29-20)37-15-18-3-2-6-34(18)19-14-30-31-23(36)22(19)24(25,26)27/h4-5,13-14,16,18H,2-3,6-11,15H2,1H3,(H,31,36)/t16?,18-/m0/s1. The second kappa shape index (κ2) is 11.2. The summed E-state index contributed by atoms with van der Waals surface area (Å²) < 4.78 is 46.4. The molecule has 4 rings (SSSR count). The van der Waals surface area contributed by atoms with Gasteiger partial charge >= 0.3 is 6.18 Å². The van der Waals surface area contributed by atoms with Crippen molar-refractivity contribution in [3.63, 3.8) is 0 Å². The minimum absolute atomic E-state index is 0.0543. The van der Waals surface area contributed by atoms with E-state index in [4.69, 9.17) is 10.00 Å². The molecule has 2 aliphatic rings. The van der Waals surface area contributed by atoms with Gasteiger partial charge in [0.1, 0.15) is 17.5 Å². The van der Waals surface area contributed by atoms with Gasteiger partial charge in [0, 0.05) is 38.9 Å². The Kier molecular flexibility index (Phi) is 7.97. The summed E-state index contributed by atoms with van der Waals surface area (Å²) in [6, 6.07) is 5.18. The monoisotopic (exact) mass is 519 g/mol. The second-order valence-electron chi connectivity index (χ2n) is 9.18. The summed E-state index contributed by atoms with van der Waals surface area (Å²) in [6.45, 7) is 4.54. The number of rotatable bonds is 7. The highest BCUT2D eigenvalue weighted by molar-refractivity contribution is 5.77. The predicted molar refractivity (Wildman–Crippen MR) is 128 cm³/mol. The highest BCUT2D eigenvalue weighted by atomic mass is 19.4. The summed E-state index contributed by atoms with van der Waals surface area (Å²) in [5.74, 6) is 0.703. The lowest BCUT2D eigenvalue weighted by atomic mass is 10.2. The molecule has 37 heavy (non-hydrogen) atoms. The number of amides is 1. The van der Waals surface area contributed by atoms with Crippen molar-refractivity contribution in [3.8, 4) is 6.07 Å². The van der Waals surface area contributed by atoms with Crippen molar-refractivity contribution in [2.45, 2.75) is 44.5 Å². The van der Waals surface area contributed by atoms with E-state index in [0.29, 0.717) is 51.1 Å². The summed E-state index contributed by atoms with van der Waals surface area (Å²) >= 11 is 0. The molecule has 1 N–H and O–H groups in total. The first kappa shape index (κ1) is 26.4. The Morgan fingerprint density at radius 1 is 1.24 bits per heavy atom. The normalized spacial score (nSPS) is 19.1. The summed E-state index contributed by atoms with van der Waals surface area (Å²) in [4.78, 5) is 34.3. The van der Waals surface area contributed by atoms with Crippen LogP contribution in [0.3, 0.4) is 0 Å². The average molecular weight is 520 g/mol. The van der Waals surface area contributed by atoms with E-state index < -0.39 is 23.4 Å². The first-order valence-corrected chi connectivity index (χ1v) is 12.1. The molecule has 0 aromatic carbocycles. The lowest BCUT2D eigenvalue weighted by molar-refractivity contribution is -0.138. The van der Waals surface area contributed by atoms with Gasteiger partial charge in [-0.2, -0.15) is 23.5 Å². The molecule has 2 aromatic rings. The Labute approximate surface area is 211 Å². The number of nitrogens with one attached hydrogen (secondary N) is 1. The Morgan fingerprint density at radius 3 is 2.65 bits per heavy atom. The summed E-state index contributed by atoms with van der Waals surface area (Å²) in [6.07, 6.45) is -1.26. The molecule has 2 atom stereocenters. The van der Waals surface area contributed by atoms with E-state index in [2.05, 4.69) is 15.0 Å². The molecule has 198 valence electrons. The number of carbonyl (C=O) groups is 1. The molecule has 2 aromatic heterocycles. The van der Waals surface area contributed by atoms with Crippen LogP contribution in [0.5, 0.6) is 0 Å². The van der Waals surface area contributed by atoms with Gasteiger partial charge in [0.05, 0.1) is 42.6 Å². The van der Waals surface area contributed by atoms with Crippen molar-refractivity contribution in [1.29, 1.82) is 5.26 Å². The van der Waals surface area contributed by atoms with Crippen LogP contribution < -0.4 is 15.4 Å². The van der Waals surface area contributed by atoms with Crippen LogP contribution in [0.1, 0.15) is 37.3 Å². The van der Waals surface area contributed by atoms with E-state index in [1.807, 2.05) is 11.2 Å². The molecule has 0 bridgehead atoms. The van der Waals surface area contributed by atoms with Gasteiger partial charge in [0.2, 0.25) is 5.91 Å². The fourth-order valence-corrected chi connectivity index (χ4v) is 4.74. The van der Waals surface area contributed by atoms with Crippen molar-refractivity contribution in [1.82, 2.24) is 20.1 Å². The van der Waals surface area contributed by atoms with Crippen molar-refractivity contribution >= 4 is 17.4 Å². The van der Waals surface area contributed by atoms with Crippen LogP contribution >= 0.6 is 0 Å². The maximum atomic E-state index is 13.5. The first-order chi connectivity index (χ1) is 17.7. The molecule has 1 amide bonds. The van der Waals surface area contributed by atoms with Gasteiger partial charge in [-0.3, -0.25) is 9.59 Å². The number of pyridine rings is 1. The lowest BCUT2D eigenvalue weighted by Gasteiger charge is -2.36. The number of anilines is 2. The van der Waals surface area contributed by atoms with Crippen LogP contribution in [0.4, 0.5) is 24.7 Å². The quantitative estimate of drug-likeness (QED) is 0.592. The maximum absolute atomic E-state index is 13.5. The molecule has 10 nitrogen and oxygen atoms in total. The van der Waals surface area contributed by atoms with Gasteiger partial charge in [-0.05, 0) is 31.9 Å². The van der Waals surface area contributed by atoms with Crippen LogP contribution in [0, 0.1) is 11.3 Å². The zero-order valence-corrected chi connectivity index (χ0v) is 20.4. The highest BCUT2D eigenvalue weighted by Crippen LogP contribution is 2.36. The van der Waals surface area contributed by atoms with E-state index >= 15 is 0 Å². The molecule has 2 aliphatic heterocycles. The van der Waals surface area contributed by atoms with Crippen molar-refractivity contribution in [3.05, 3.63) is 46.0 Å². The summed E-state index contributed by atoms with van der Waals surface area (Å²) in [5.41, 5.74) is -2.29. The molecule has 4 heterocycles. The zero-order valence-electron chi connectivity index (χ0n) is 20.4. The predicted octanol–water partition coefficient (Wildman–Crippen LogP) is 2.17. The minimum Gasteiger partial charge on any atom is -0.376 e. The Balaban J connectivity index is 1.28. The third-order valence-electron chi connectivity index (χ3n) is 6.67. The molecular weight excluding hydrogens is 491 g/mol. The smallest absolute Gasteiger partial charge is 0.376 e. The van der Waals surface area contributed by atoms with Gasteiger partial charge in [-0.25, -0.2) is 10.1 Å². The van der Waals surface area contributed by atoms with Gasteiger partial charge in [0.25, 0.3) is 5.56 Å². The zero-order chi connectivity index (χ0) is 26.6. The number of nitriles is 1. The van der Waals surface area contributed by atoms with E-state index in [9.17, 15) is 22.8 Å². The SMILES string of the molecule is CC(CC(=O)N1CCN(c2ccc(C#N)cn2)CC1)OC[C@@H]1CCCN1c1cn[nH]c(=O)c1C(F)(F)F. The van der Waals surface area contributed by atoms with E-state index in [1.54, 1.807) is 24.0 Å². The maximum Gasteiger partial charge on any atom is 0.423 e. The van der Waals surface area contributed by atoms with Crippen molar-refractivity contribution in [2.75, 3.05) is 49.1 Å². The van der Waals surface area contributed by atoms with Gasteiger partial charge in [-0.1, -0.05) is 0 Å². The number of alkyl halides is 3. The molecule has 0 saturated carbocycles. The number of hydrogen-bond donors (Lipinski definition) is 1. The summed E-state index contributed by atoms with van der Waals surface area (Å²) in [7, 11) is 0. The van der Waals surface area contributed by atoms with Gasteiger partial charge < -0.3 is 19.4 Å². The average Bonchev–Trinajstić information content (AvgIpc) is 3.35. The van der Waals surface area contributed by atoms with E-state index in [0.717, 1.165) is 12.0 Å². The molecule has 13 heteroatoms. The fourth-order valence-electron chi connectivity index (χ4n) is 4.74. The van der Waals surface area contributed by atoms with Crippen molar-refractivity contribution in [2.24, 2.45) is 0 Å². The van der Waals surface area contributed by atoms with Crippen LogP contribution in [-0.2, 0) is 15.7 Å². The van der Waals surface area contributed by atoms with Crippen LogP contribution in [-0.4, -0.2) is 77.5 Å². The number of carbonyl (C=O) groups excluding carboxylic acids is 1. The molecule has 0 aliphatic carbocycles. The molecule has 2 saturated heterocycles. The number of halogens is 3. The molecule has 0 spiro atoms. The third kappa shape index (κ3) is 6.19. The molecular formula is C24H28F3N7O3. The Hall–Kier alpha value is -3.66. The lowest BCUT2D eigenvalue weighted by Crippen LogP contribution is -2.49. The molecule has 1 unspecified atom stereocenters. The fraction of sp³-hybridized carbons (Fsp3) is 0.542. The largest absolute Gasteiger partial charge is 0.423 e. The Morgan fingerprint density at radius 2 is 2.00 bits per heavy atom. The second-order valence-corrected chi connectivity index (χ2v) is 9.18. The topological polar surface area (TPSA) is 118 Å². The highest BCUT2D eigenvalue weighted by Gasteiger charge is 2.40. The minimum atomic E-state index is -4.81. The van der Waals surface area contributed by atoms with E-state index in [-0.39, 0.29) is 30.7 Å². The van der Waals surface area contributed by atoms with Crippen LogP contribution in [0.15, 0.2) is 29.3 Å². The number of piperazine rings is 1. The Bertz CT molecular complexity index is 1190. The number of aromatic nitrogens is 3. The number of aromatic amines is 1. The summed E-state index contributed by atoms with van der Waals surface area (Å²) in [5, 5.41) is 14.3. The molecule has 0 radical (unpaired) electrons. The van der Waals surface area contributed by atoms with Crippen LogP contribution in [0.2, 0.25) is 0 Å². The van der Waals surface area contributed by atoms with Crippen molar-refractivity contribution < 1.29 is 22.7 Å². The number of H-pyrrole nitrogens is 1.